The Kier molecular flexibility index (Phi) is 6.62. The number of aromatic nitrogens is 4. The lowest BCUT2D eigenvalue weighted by Gasteiger charge is -2.26. The molecule has 12 nitrogen and oxygen atoms in total. The second-order valence-electron chi connectivity index (χ2n) is 7.86. The molecule has 0 aromatic carbocycles. The highest BCUT2D eigenvalue weighted by molar-refractivity contribution is 5.94. The van der Waals surface area contributed by atoms with E-state index in [1.54, 1.807) is 7.05 Å². The van der Waals surface area contributed by atoms with E-state index < -0.39 is 37.1 Å². The van der Waals surface area contributed by atoms with Gasteiger partial charge in [-0.1, -0.05) is 6.42 Å². The number of aliphatic hydroxyl groups excluding tert-OH is 3. The first-order valence-corrected chi connectivity index (χ1v) is 10.6. The molecule has 31 heavy (non-hydrogen) atoms. The number of carbonyl (C=O) groups excluding carboxylic acids is 1. The monoisotopic (exact) mass is 435 g/mol. The minimum absolute atomic E-state index is 0.0380. The van der Waals surface area contributed by atoms with Gasteiger partial charge in [-0.15, -0.1) is 0 Å². The second-order valence-corrected chi connectivity index (χ2v) is 7.86. The van der Waals surface area contributed by atoms with Crippen molar-refractivity contribution in [3.8, 4) is 0 Å². The van der Waals surface area contributed by atoms with Gasteiger partial charge < -0.3 is 35.6 Å². The summed E-state index contributed by atoms with van der Waals surface area (Å²) in [7, 11) is 1.66. The average Bonchev–Trinajstić information content (AvgIpc) is 3.34. The highest BCUT2D eigenvalue weighted by Crippen LogP contribution is 2.32. The summed E-state index contributed by atoms with van der Waals surface area (Å²) in [5.41, 5.74) is 0.667. The van der Waals surface area contributed by atoms with E-state index in [2.05, 4.69) is 30.5 Å². The quantitative estimate of drug-likeness (QED) is 0.354. The van der Waals surface area contributed by atoms with Crippen LogP contribution in [-0.4, -0.2) is 104 Å². The van der Waals surface area contributed by atoms with E-state index in [9.17, 15) is 20.1 Å². The summed E-state index contributed by atoms with van der Waals surface area (Å²) in [4.78, 5) is 27.9. The fourth-order valence-corrected chi connectivity index (χ4v) is 4.08. The van der Waals surface area contributed by atoms with Gasteiger partial charge in [0.05, 0.1) is 12.9 Å². The van der Waals surface area contributed by atoms with Crippen LogP contribution in [0.1, 0.15) is 36.1 Å². The maximum atomic E-state index is 12.7. The van der Waals surface area contributed by atoms with Crippen LogP contribution in [0.3, 0.4) is 0 Å². The number of piperidine rings is 1. The summed E-state index contributed by atoms with van der Waals surface area (Å²) in [6.45, 7) is 2.91. The van der Waals surface area contributed by atoms with E-state index >= 15 is 0 Å². The van der Waals surface area contributed by atoms with Crippen LogP contribution >= 0.6 is 0 Å². The SMILES string of the molecule is CNc1nc(C(=O)NCCN2CCCCC2)nc2c1ncn2[C@@H]1O[C@H](CO)[C@@H](O)[C@H]1O. The summed E-state index contributed by atoms with van der Waals surface area (Å²) in [5, 5.41) is 35.5. The van der Waals surface area contributed by atoms with E-state index in [0.717, 1.165) is 19.6 Å². The van der Waals surface area contributed by atoms with Crippen molar-refractivity contribution in [3.63, 3.8) is 0 Å². The highest BCUT2D eigenvalue weighted by atomic mass is 16.6. The number of imidazole rings is 1. The Bertz CT molecular complexity index is 916. The molecular weight excluding hydrogens is 406 g/mol. The zero-order valence-electron chi connectivity index (χ0n) is 17.4. The molecule has 2 aliphatic heterocycles. The van der Waals surface area contributed by atoms with Crippen LogP contribution in [0.15, 0.2) is 6.33 Å². The number of nitrogens with one attached hydrogen (secondary N) is 2. The summed E-state index contributed by atoms with van der Waals surface area (Å²) in [6, 6.07) is 0. The van der Waals surface area contributed by atoms with E-state index in [1.165, 1.54) is 30.2 Å². The topological polar surface area (TPSA) is 158 Å². The number of ether oxygens (including phenoxy) is 1. The highest BCUT2D eigenvalue weighted by Gasteiger charge is 2.44. The van der Waals surface area contributed by atoms with E-state index in [4.69, 9.17) is 4.74 Å². The van der Waals surface area contributed by atoms with Crippen LogP contribution in [0.2, 0.25) is 0 Å². The van der Waals surface area contributed by atoms with Crippen molar-refractivity contribution in [1.82, 2.24) is 29.7 Å². The molecule has 4 heterocycles. The number of aliphatic hydroxyl groups is 3. The Labute approximate surface area is 179 Å². The number of rotatable bonds is 7. The van der Waals surface area contributed by atoms with Crippen LogP contribution in [0.25, 0.3) is 11.2 Å². The molecule has 170 valence electrons. The summed E-state index contributed by atoms with van der Waals surface area (Å²) in [6.07, 6.45) is 0.548. The molecule has 0 unspecified atom stereocenters. The maximum absolute atomic E-state index is 12.7. The van der Waals surface area contributed by atoms with E-state index in [0.29, 0.717) is 17.9 Å². The predicted molar refractivity (Wildman–Crippen MR) is 111 cm³/mol. The van der Waals surface area contributed by atoms with Gasteiger partial charge in [0.2, 0.25) is 5.82 Å². The molecule has 4 atom stereocenters. The molecular formula is C19H29N7O5. The van der Waals surface area contributed by atoms with Gasteiger partial charge in [-0.05, 0) is 25.9 Å². The van der Waals surface area contributed by atoms with Crippen LogP contribution in [0.4, 0.5) is 5.82 Å². The van der Waals surface area contributed by atoms with Crippen molar-refractivity contribution in [2.75, 3.05) is 45.2 Å². The van der Waals surface area contributed by atoms with Gasteiger partial charge in [0, 0.05) is 20.1 Å². The van der Waals surface area contributed by atoms with Crippen molar-refractivity contribution < 1.29 is 24.9 Å². The Hall–Kier alpha value is -2.38. The number of hydrogen-bond acceptors (Lipinski definition) is 10. The van der Waals surface area contributed by atoms with E-state index in [1.807, 2.05) is 0 Å². The third-order valence-corrected chi connectivity index (χ3v) is 5.81. The largest absolute Gasteiger partial charge is 0.394 e. The van der Waals surface area contributed by atoms with Crippen molar-refractivity contribution in [1.29, 1.82) is 0 Å². The lowest BCUT2D eigenvalue weighted by Crippen LogP contribution is -2.38. The molecule has 0 aliphatic carbocycles. The third-order valence-electron chi connectivity index (χ3n) is 5.81. The molecule has 2 aromatic rings. The Morgan fingerprint density at radius 2 is 2.00 bits per heavy atom. The van der Waals surface area contributed by atoms with Gasteiger partial charge in [-0.2, -0.15) is 0 Å². The number of fused-ring (bicyclic) bond motifs is 1. The van der Waals surface area contributed by atoms with Gasteiger partial charge in [0.1, 0.15) is 18.3 Å². The number of anilines is 1. The predicted octanol–water partition coefficient (Wildman–Crippen LogP) is -1.30. The second kappa shape index (κ2) is 9.40. The molecule has 12 heteroatoms. The Morgan fingerprint density at radius 1 is 1.23 bits per heavy atom. The van der Waals surface area contributed by atoms with Crippen LogP contribution < -0.4 is 10.6 Å². The molecule has 2 aromatic heterocycles. The van der Waals surface area contributed by atoms with E-state index in [-0.39, 0.29) is 11.5 Å². The number of nitrogens with zero attached hydrogens (tertiary/aromatic N) is 5. The average molecular weight is 435 g/mol. The van der Waals surface area contributed by atoms with Gasteiger partial charge in [-0.25, -0.2) is 15.0 Å². The molecule has 2 fully saturated rings. The fraction of sp³-hybridized carbons (Fsp3) is 0.684. The first-order valence-electron chi connectivity index (χ1n) is 10.6. The molecule has 2 aliphatic rings. The molecule has 2 saturated heterocycles. The first kappa shape index (κ1) is 21.8. The Balaban J connectivity index is 1.54. The zero-order valence-corrected chi connectivity index (χ0v) is 17.4. The van der Waals surface area contributed by atoms with Gasteiger partial charge in [0.25, 0.3) is 5.91 Å². The lowest BCUT2D eigenvalue weighted by atomic mass is 10.1. The van der Waals surface area contributed by atoms with Gasteiger partial charge in [0.15, 0.2) is 23.2 Å². The molecule has 5 N–H and O–H groups in total. The summed E-state index contributed by atoms with van der Waals surface area (Å²) >= 11 is 0. The van der Waals surface area contributed by atoms with Crippen molar-refractivity contribution in [2.45, 2.75) is 43.8 Å². The minimum atomic E-state index is -1.29. The summed E-state index contributed by atoms with van der Waals surface area (Å²) in [5.74, 6) is -0.0926. The van der Waals surface area contributed by atoms with Crippen LogP contribution in [0, 0.1) is 0 Å². The summed E-state index contributed by atoms with van der Waals surface area (Å²) < 4.78 is 7.02. The Morgan fingerprint density at radius 3 is 2.68 bits per heavy atom. The lowest BCUT2D eigenvalue weighted by molar-refractivity contribution is -0.0511. The third kappa shape index (κ3) is 4.34. The normalized spacial score (nSPS) is 27.0. The number of likely N-dealkylation sites (tertiary alicyclic amines) is 1. The van der Waals surface area contributed by atoms with Crippen LogP contribution in [0.5, 0.6) is 0 Å². The number of hydrogen-bond donors (Lipinski definition) is 5. The van der Waals surface area contributed by atoms with Gasteiger partial charge in [-0.3, -0.25) is 9.36 Å². The van der Waals surface area contributed by atoms with Crippen molar-refractivity contribution in [2.24, 2.45) is 0 Å². The molecule has 0 spiro atoms. The van der Waals surface area contributed by atoms with Crippen LogP contribution in [-0.2, 0) is 4.74 Å². The zero-order chi connectivity index (χ0) is 22.0. The molecule has 1 amide bonds. The number of carbonyl (C=O) groups is 1. The smallest absolute Gasteiger partial charge is 0.289 e. The number of amides is 1. The minimum Gasteiger partial charge on any atom is -0.394 e. The fourth-order valence-electron chi connectivity index (χ4n) is 4.08. The van der Waals surface area contributed by atoms with Gasteiger partial charge >= 0.3 is 0 Å². The molecule has 0 saturated carbocycles. The van der Waals surface area contributed by atoms with Crippen molar-refractivity contribution >= 4 is 22.9 Å². The standard InChI is InChI=1S/C19H29N7O5/c1-20-15-12-17(26(10-22-12)19-14(29)13(28)11(9-27)31-19)24-16(23-15)18(30)21-5-8-25-6-3-2-4-7-25/h10-11,13-14,19,27-29H,2-9H2,1H3,(H,21,30)(H,20,23,24)/t11-,13-,14-,19-/m1/s1. The maximum Gasteiger partial charge on any atom is 0.289 e. The molecule has 0 radical (unpaired) electrons. The van der Waals surface area contributed by atoms with Crippen molar-refractivity contribution in [3.05, 3.63) is 12.2 Å². The molecule has 4 rings (SSSR count). The first-order chi connectivity index (χ1) is 15.0. The molecule has 0 bridgehead atoms.